The third-order valence-electron chi connectivity index (χ3n) is 10.0. The summed E-state index contributed by atoms with van der Waals surface area (Å²) < 4.78 is 0. The van der Waals surface area contributed by atoms with Crippen LogP contribution in [0.15, 0.2) is 194 Å². The highest BCUT2D eigenvalue weighted by Crippen LogP contribution is 2.45. The van der Waals surface area contributed by atoms with Gasteiger partial charge < -0.3 is 5.32 Å². The molecule has 0 atom stereocenters. The molecule has 8 aromatic carbocycles. The van der Waals surface area contributed by atoms with Gasteiger partial charge in [0.1, 0.15) is 0 Å². The molecular formula is C52H51NP2. The summed E-state index contributed by atoms with van der Waals surface area (Å²) in [5.74, 6) is 0. The second-order valence-electron chi connectivity index (χ2n) is 13.8. The maximum atomic E-state index is 3.39. The minimum atomic E-state index is -0.852. The summed E-state index contributed by atoms with van der Waals surface area (Å²) in [6, 6.07) is 71.8. The van der Waals surface area contributed by atoms with Crippen molar-refractivity contribution in [3.63, 3.8) is 0 Å². The van der Waals surface area contributed by atoms with Crippen LogP contribution >= 0.6 is 15.8 Å². The lowest BCUT2D eigenvalue weighted by molar-refractivity contribution is 0.611. The van der Waals surface area contributed by atoms with E-state index in [1.165, 1.54) is 103 Å². The molecule has 274 valence electrons. The van der Waals surface area contributed by atoms with Gasteiger partial charge in [0, 0.05) is 0 Å². The molecule has 0 radical (unpaired) electrons. The molecule has 0 spiro atoms. The number of rotatable bonds is 13. The first-order chi connectivity index (χ1) is 27.3. The van der Waals surface area contributed by atoms with E-state index in [9.17, 15) is 0 Å². The maximum absolute atomic E-state index is 3.39. The van der Waals surface area contributed by atoms with Crippen LogP contribution in [0, 0.1) is 0 Å². The Hall–Kier alpha value is -4.90. The summed E-state index contributed by atoms with van der Waals surface area (Å²) in [4.78, 5) is 0. The summed E-state index contributed by atoms with van der Waals surface area (Å²) in [5.41, 5.74) is 2.70. The fourth-order valence-electron chi connectivity index (χ4n) is 7.31. The number of hydrogen-bond acceptors (Lipinski definition) is 1. The molecule has 0 bridgehead atoms. The predicted octanol–water partition coefficient (Wildman–Crippen LogP) is 11.4. The Labute approximate surface area is 331 Å². The van der Waals surface area contributed by atoms with Crippen LogP contribution in [-0.4, -0.2) is 13.1 Å². The summed E-state index contributed by atoms with van der Waals surface area (Å²) in [6.45, 7) is 6.86. The molecule has 0 aliphatic carbocycles. The van der Waals surface area contributed by atoms with Gasteiger partial charge in [0.2, 0.25) is 0 Å². The number of hydrogen-bond donors (Lipinski definition) is 1. The molecule has 0 unspecified atom stereocenters. The van der Waals surface area contributed by atoms with E-state index in [0.717, 1.165) is 0 Å². The zero-order valence-corrected chi connectivity index (χ0v) is 33.9. The van der Waals surface area contributed by atoms with Crippen molar-refractivity contribution in [1.29, 1.82) is 0 Å². The quantitative estimate of drug-likeness (QED) is 0.0914. The zero-order chi connectivity index (χ0) is 37.7. The maximum Gasteiger partial charge on any atom is -0.000884 e. The molecule has 0 aliphatic rings. The van der Waals surface area contributed by atoms with Crippen molar-refractivity contribution < 1.29 is 0 Å². The van der Waals surface area contributed by atoms with Crippen molar-refractivity contribution in [2.75, 3.05) is 13.1 Å². The van der Waals surface area contributed by atoms with E-state index in [4.69, 9.17) is 0 Å². The van der Waals surface area contributed by atoms with Crippen molar-refractivity contribution in [1.82, 2.24) is 5.32 Å². The van der Waals surface area contributed by atoms with Crippen LogP contribution in [0.2, 0.25) is 0 Å². The minimum absolute atomic E-state index is 0.852. The lowest BCUT2D eigenvalue weighted by Crippen LogP contribution is -2.26. The molecule has 0 fully saturated rings. The van der Waals surface area contributed by atoms with Crippen molar-refractivity contribution >= 4 is 69.2 Å². The first-order valence-electron chi connectivity index (χ1n) is 19.8. The fourth-order valence-corrected chi connectivity index (χ4v) is 12.3. The number of unbranched alkanes of at least 4 members (excludes halogenated alkanes) is 2. The molecule has 3 heteroatoms. The molecule has 8 aromatic rings. The largest absolute Gasteiger partial charge is 0.317 e. The SMILES string of the molecule is CCCCNCCCC.c1ccc(P(c2ccccc2)c2ccc3ccccc3c2-c2c(P(c3ccccc3)c3ccccc3)ccc3ccccc23)cc1. The highest BCUT2D eigenvalue weighted by Gasteiger charge is 2.28. The molecule has 0 saturated carbocycles. The number of nitrogens with one attached hydrogen (secondary N) is 1. The van der Waals surface area contributed by atoms with Gasteiger partial charge in [0.25, 0.3) is 0 Å². The molecule has 0 amide bonds. The van der Waals surface area contributed by atoms with Gasteiger partial charge in [0.05, 0.1) is 0 Å². The van der Waals surface area contributed by atoms with Crippen molar-refractivity contribution in [3.05, 3.63) is 194 Å². The van der Waals surface area contributed by atoms with Gasteiger partial charge in [-0.1, -0.05) is 221 Å². The summed E-state index contributed by atoms with van der Waals surface area (Å²) in [5, 5.41) is 16.7. The Balaban J connectivity index is 0.000000462. The lowest BCUT2D eigenvalue weighted by atomic mass is 9.93. The third kappa shape index (κ3) is 9.15. The molecule has 0 heterocycles. The van der Waals surface area contributed by atoms with Crippen LogP contribution in [-0.2, 0) is 0 Å². The van der Waals surface area contributed by atoms with Gasteiger partial charge in [-0.25, -0.2) is 0 Å². The van der Waals surface area contributed by atoms with Crippen LogP contribution in [0.4, 0.5) is 0 Å². The average molecular weight is 752 g/mol. The smallest absolute Gasteiger partial charge is 0.000884 e. The van der Waals surface area contributed by atoms with E-state index >= 15 is 0 Å². The summed E-state index contributed by atoms with van der Waals surface area (Å²) in [7, 11) is -1.70. The Morgan fingerprint density at radius 3 is 0.982 bits per heavy atom. The van der Waals surface area contributed by atoms with Gasteiger partial charge >= 0.3 is 0 Å². The van der Waals surface area contributed by atoms with Crippen LogP contribution in [0.1, 0.15) is 39.5 Å². The van der Waals surface area contributed by atoms with E-state index in [1.807, 2.05) is 0 Å². The van der Waals surface area contributed by atoms with Gasteiger partial charge in [-0.2, -0.15) is 0 Å². The van der Waals surface area contributed by atoms with Crippen molar-refractivity contribution in [2.45, 2.75) is 39.5 Å². The van der Waals surface area contributed by atoms with Crippen LogP contribution in [0.25, 0.3) is 32.7 Å². The minimum Gasteiger partial charge on any atom is -0.317 e. The number of benzene rings is 8. The van der Waals surface area contributed by atoms with Crippen LogP contribution in [0.3, 0.4) is 0 Å². The normalized spacial score (nSPS) is 11.2. The monoisotopic (exact) mass is 751 g/mol. The Morgan fingerprint density at radius 2 is 0.655 bits per heavy atom. The van der Waals surface area contributed by atoms with E-state index in [2.05, 4.69) is 213 Å². The Bertz CT molecular complexity index is 2130. The summed E-state index contributed by atoms with van der Waals surface area (Å²) in [6.07, 6.45) is 5.26. The van der Waals surface area contributed by atoms with E-state index < -0.39 is 15.8 Å². The zero-order valence-electron chi connectivity index (χ0n) is 32.1. The van der Waals surface area contributed by atoms with E-state index in [-0.39, 0.29) is 0 Å². The van der Waals surface area contributed by atoms with Gasteiger partial charge in [0.15, 0.2) is 0 Å². The highest BCUT2D eigenvalue weighted by atomic mass is 31.1. The fraction of sp³-hybridized carbons (Fsp3) is 0.154. The molecule has 55 heavy (non-hydrogen) atoms. The first-order valence-corrected chi connectivity index (χ1v) is 22.5. The second-order valence-corrected chi connectivity index (χ2v) is 18.2. The van der Waals surface area contributed by atoms with E-state index in [1.54, 1.807) is 0 Å². The van der Waals surface area contributed by atoms with Gasteiger partial charge in [-0.3, -0.25) is 0 Å². The van der Waals surface area contributed by atoms with Crippen molar-refractivity contribution in [3.8, 4) is 11.1 Å². The second kappa shape index (κ2) is 19.6. The Kier molecular flexibility index (Phi) is 13.7. The average Bonchev–Trinajstić information content (AvgIpc) is 3.26. The Morgan fingerprint density at radius 1 is 0.345 bits per heavy atom. The first kappa shape index (κ1) is 38.4. The molecule has 8 rings (SSSR count). The van der Waals surface area contributed by atoms with Crippen LogP contribution in [0.5, 0.6) is 0 Å². The molecule has 1 nitrogen and oxygen atoms in total. The third-order valence-corrected chi connectivity index (χ3v) is 15.0. The topological polar surface area (TPSA) is 12.0 Å². The van der Waals surface area contributed by atoms with Gasteiger partial charge in [-0.05, 0) is 106 Å². The molecule has 0 aliphatic heterocycles. The predicted molar refractivity (Wildman–Crippen MR) is 247 cm³/mol. The van der Waals surface area contributed by atoms with Gasteiger partial charge in [-0.15, -0.1) is 0 Å². The molecule has 0 saturated heterocycles. The van der Waals surface area contributed by atoms with E-state index in [0.29, 0.717) is 0 Å². The highest BCUT2D eigenvalue weighted by molar-refractivity contribution is 7.80. The van der Waals surface area contributed by atoms with Crippen molar-refractivity contribution in [2.24, 2.45) is 0 Å². The summed E-state index contributed by atoms with van der Waals surface area (Å²) >= 11 is 0. The molecule has 0 aromatic heterocycles. The number of fused-ring (bicyclic) bond motifs is 2. The molecular weight excluding hydrogens is 701 g/mol. The standard InChI is InChI=1S/C44H32P2.C8H19N/c1-5-19-35(20-6-1)45(36-21-7-2-8-22-36)41-31-29-33-17-13-15-27-39(33)43(41)44-40-28-16-14-18-34(40)30-32-42(44)46(37-23-9-3-10-24-37)38-25-11-4-12-26-38;1-3-5-7-9-8-6-4-2/h1-32H;9H,3-8H2,1-2H3. The molecule has 1 N–H and O–H groups in total. The lowest BCUT2D eigenvalue weighted by Gasteiger charge is -2.28. The van der Waals surface area contributed by atoms with Crippen LogP contribution < -0.4 is 37.1 Å².